The second-order valence-corrected chi connectivity index (χ2v) is 6.99. The van der Waals surface area contributed by atoms with Crippen molar-refractivity contribution in [3.8, 4) is 5.75 Å². The minimum Gasteiger partial charge on any atom is -0.490 e. The lowest BCUT2D eigenvalue weighted by atomic mass is 10.1. The first kappa shape index (κ1) is 22.4. The summed E-state index contributed by atoms with van der Waals surface area (Å²) >= 11 is 0. The van der Waals surface area contributed by atoms with Crippen LogP contribution in [0.25, 0.3) is 0 Å². The van der Waals surface area contributed by atoms with Gasteiger partial charge >= 0.3 is 0 Å². The lowest BCUT2D eigenvalue weighted by molar-refractivity contribution is 0.285. The molecule has 0 bridgehead atoms. The standard InChI is InChI=1S/C20H27FN4O2.HI/c1-12-14(3)27-19(24-12)10-23-20(22-4)25-13(2)16-7-8-18(17(21)9-16)26-11-15-5-6-15;/h7-9,13,15H,5-6,10-11H2,1-4H3,(H2,22,23,25);1H. The fourth-order valence-electron chi connectivity index (χ4n) is 2.65. The Labute approximate surface area is 182 Å². The zero-order chi connectivity index (χ0) is 19.4. The van der Waals surface area contributed by atoms with E-state index in [1.54, 1.807) is 13.1 Å². The zero-order valence-electron chi connectivity index (χ0n) is 16.7. The van der Waals surface area contributed by atoms with Crippen molar-refractivity contribution >= 4 is 29.9 Å². The molecule has 8 heteroatoms. The Kier molecular flexibility index (Phi) is 8.09. The smallest absolute Gasteiger partial charge is 0.214 e. The molecule has 1 aliphatic carbocycles. The molecule has 1 unspecified atom stereocenters. The number of ether oxygens (including phenoxy) is 1. The van der Waals surface area contributed by atoms with Crippen LogP contribution in [0.4, 0.5) is 4.39 Å². The Hall–Kier alpha value is -1.84. The van der Waals surface area contributed by atoms with Crippen LogP contribution in [-0.4, -0.2) is 24.6 Å². The van der Waals surface area contributed by atoms with Crippen molar-refractivity contribution in [2.24, 2.45) is 10.9 Å². The molecule has 1 fully saturated rings. The fraction of sp³-hybridized carbons (Fsp3) is 0.500. The summed E-state index contributed by atoms with van der Waals surface area (Å²) in [6.45, 7) is 6.76. The molecule has 0 amide bonds. The van der Waals surface area contributed by atoms with Crippen LogP contribution in [0.3, 0.4) is 0 Å². The molecule has 3 rings (SSSR count). The first-order chi connectivity index (χ1) is 13.0. The Morgan fingerprint density at radius 2 is 2.14 bits per heavy atom. The highest BCUT2D eigenvalue weighted by atomic mass is 127. The summed E-state index contributed by atoms with van der Waals surface area (Å²) in [6.07, 6.45) is 2.36. The predicted octanol–water partition coefficient (Wildman–Crippen LogP) is 4.26. The topological polar surface area (TPSA) is 71.7 Å². The molecule has 2 aromatic rings. The number of guanidine groups is 1. The van der Waals surface area contributed by atoms with Crippen LogP contribution in [0.15, 0.2) is 27.6 Å². The Bertz CT molecular complexity index is 801. The lowest BCUT2D eigenvalue weighted by Gasteiger charge is -2.18. The summed E-state index contributed by atoms with van der Waals surface area (Å²) in [4.78, 5) is 8.53. The first-order valence-electron chi connectivity index (χ1n) is 9.28. The number of aryl methyl sites for hydroxylation is 2. The molecular formula is C20H28FIN4O2. The molecule has 0 spiro atoms. The Morgan fingerprint density at radius 1 is 1.39 bits per heavy atom. The number of hydrogen-bond acceptors (Lipinski definition) is 4. The summed E-state index contributed by atoms with van der Waals surface area (Å²) in [5, 5.41) is 6.40. The van der Waals surface area contributed by atoms with Crippen LogP contribution in [0.5, 0.6) is 5.75 Å². The van der Waals surface area contributed by atoms with Gasteiger partial charge in [-0.05, 0) is 57.2 Å². The van der Waals surface area contributed by atoms with Crippen molar-refractivity contribution in [3.63, 3.8) is 0 Å². The van der Waals surface area contributed by atoms with E-state index in [1.807, 2.05) is 26.8 Å². The number of aromatic nitrogens is 1. The maximum absolute atomic E-state index is 14.3. The van der Waals surface area contributed by atoms with Crippen LogP contribution in [0.1, 0.15) is 48.7 Å². The number of rotatable bonds is 7. The van der Waals surface area contributed by atoms with E-state index in [2.05, 4.69) is 20.6 Å². The van der Waals surface area contributed by atoms with Crippen LogP contribution >= 0.6 is 24.0 Å². The molecule has 1 aromatic heterocycles. The number of hydrogen-bond donors (Lipinski definition) is 2. The highest BCUT2D eigenvalue weighted by molar-refractivity contribution is 14.0. The number of nitrogens with one attached hydrogen (secondary N) is 2. The van der Waals surface area contributed by atoms with Gasteiger partial charge in [-0.3, -0.25) is 4.99 Å². The van der Waals surface area contributed by atoms with Crippen molar-refractivity contribution in [2.75, 3.05) is 13.7 Å². The fourth-order valence-corrected chi connectivity index (χ4v) is 2.65. The van der Waals surface area contributed by atoms with E-state index in [9.17, 15) is 4.39 Å². The number of oxazole rings is 1. The van der Waals surface area contributed by atoms with E-state index >= 15 is 0 Å². The number of benzene rings is 1. The lowest BCUT2D eigenvalue weighted by Crippen LogP contribution is -2.38. The van der Waals surface area contributed by atoms with E-state index < -0.39 is 0 Å². The van der Waals surface area contributed by atoms with Crippen LogP contribution in [-0.2, 0) is 6.54 Å². The van der Waals surface area contributed by atoms with Crippen molar-refractivity contribution < 1.29 is 13.5 Å². The third-order valence-electron chi connectivity index (χ3n) is 4.68. The second kappa shape index (κ2) is 10.1. The second-order valence-electron chi connectivity index (χ2n) is 6.99. The summed E-state index contributed by atoms with van der Waals surface area (Å²) in [5.74, 6) is 2.57. The van der Waals surface area contributed by atoms with Gasteiger partial charge in [-0.2, -0.15) is 0 Å². The van der Waals surface area contributed by atoms with Gasteiger partial charge in [0.25, 0.3) is 0 Å². The van der Waals surface area contributed by atoms with Crippen molar-refractivity contribution in [2.45, 2.75) is 46.2 Å². The number of aliphatic imine (C=N–C) groups is 1. The molecular weight excluding hydrogens is 474 g/mol. The molecule has 28 heavy (non-hydrogen) atoms. The van der Waals surface area contributed by atoms with Gasteiger partial charge in [-0.1, -0.05) is 6.07 Å². The van der Waals surface area contributed by atoms with Crippen molar-refractivity contribution in [1.82, 2.24) is 15.6 Å². The highest BCUT2D eigenvalue weighted by Gasteiger charge is 2.22. The van der Waals surface area contributed by atoms with Crippen LogP contribution in [0, 0.1) is 25.6 Å². The molecule has 0 radical (unpaired) electrons. The van der Waals surface area contributed by atoms with E-state index in [0.29, 0.717) is 36.7 Å². The Morgan fingerprint density at radius 3 is 2.71 bits per heavy atom. The molecule has 1 aromatic carbocycles. The summed E-state index contributed by atoms with van der Waals surface area (Å²) in [5.41, 5.74) is 1.69. The van der Waals surface area contributed by atoms with Gasteiger partial charge in [-0.15, -0.1) is 24.0 Å². The molecule has 0 saturated heterocycles. The van der Waals surface area contributed by atoms with E-state index in [4.69, 9.17) is 9.15 Å². The molecule has 1 aliphatic rings. The van der Waals surface area contributed by atoms with E-state index in [1.165, 1.54) is 18.9 Å². The molecule has 1 saturated carbocycles. The molecule has 1 atom stereocenters. The maximum atomic E-state index is 14.3. The van der Waals surface area contributed by atoms with Gasteiger partial charge in [-0.25, -0.2) is 9.37 Å². The van der Waals surface area contributed by atoms with Gasteiger partial charge in [0.15, 0.2) is 17.5 Å². The van der Waals surface area contributed by atoms with Gasteiger partial charge < -0.3 is 19.8 Å². The average Bonchev–Trinajstić information content (AvgIpc) is 3.42. The third kappa shape index (κ3) is 6.08. The monoisotopic (exact) mass is 502 g/mol. The minimum absolute atomic E-state index is 0. The quantitative estimate of drug-likeness (QED) is 0.337. The third-order valence-corrected chi connectivity index (χ3v) is 4.68. The zero-order valence-corrected chi connectivity index (χ0v) is 19.0. The SMILES string of the molecule is CN=C(NCc1nc(C)c(C)o1)NC(C)c1ccc(OCC2CC2)c(F)c1.I. The summed E-state index contributed by atoms with van der Waals surface area (Å²) in [6, 6.07) is 4.95. The molecule has 6 nitrogen and oxygen atoms in total. The largest absolute Gasteiger partial charge is 0.490 e. The van der Waals surface area contributed by atoms with E-state index in [0.717, 1.165) is 17.0 Å². The van der Waals surface area contributed by atoms with Gasteiger partial charge in [0.2, 0.25) is 5.89 Å². The van der Waals surface area contributed by atoms with Gasteiger partial charge in [0.05, 0.1) is 24.9 Å². The van der Waals surface area contributed by atoms with Crippen LogP contribution in [0.2, 0.25) is 0 Å². The minimum atomic E-state index is -0.338. The maximum Gasteiger partial charge on any atom is 0.214 e. The van der Waals surface area contributed by atoms with Gasteiger partial charge in [0.1, 0.15) is 5.76 Å². The van der Waals surface area contributed by atoms with Crippen LogP contribution < -0.4 is 15.4 Å². The summed E-state index contributed by atoms with van der Waals surface area (Å²) < 4.78 is 25.4. The Balaban J connectivity index is 0.00000280. The first-order valence-corrected chi connectivity index (χ1v) is 9.28. The normalized spacial score (nSPS) is 15.0. The molecule has 0 aliphatic heterocycles. The van der Waals surface area contributed by atoms with Crippen molar-refractivity contribution in [1.29, 1.82) is 0 Å². The summed E-state index contributed by atoms with van der Waals surface area (Å²) in [7, 11) is 1.68. The average molecular weight is 502 g/mol. The van der Waals surface area contributed by atoms with Gasteiger partial charge in [0, 0.05) is 7.05 Å². The molecule has 1 heterocycles. The number of nitrogens with zero attached hydrogens (tertiary/aromatic N) is 2. The number of halogens is 2. The molecule has 2 N–H and O–H groups in total. The predicted molar refractivity (Wildman–Crippen MR) is 118 cm³/mol. The molecule has 154 valence electrons. The van der Waals surface area contributed by atoms with Crippen molar-refractivity contribution in [3.05, 3.63) is 46.9 Å². The van der Waals surface area contributed by atoms with E-state index in [-0.39, 0.29) is 35.8 Å². The highest BCUT2D eigenvalue weighted by Crippen LogP contribution is 2.30.